The van der Waals surface area contributed by atoms with Crippen LogP contribution in [0, 0.1) is 0 Å². The fraction of sp³-hybridized carbons (Fsp3) is 0.588. The lowest BCUT2D eigenvalue weighted by Gasteiger charge is -2.32. The van der Waals surface area contributed by atoms with Gasteiger partial charge in [-0.15, -0.1) is 0 Å². The molecular formula is C17H25N3O. The molecule has 0 radical (unpaired) electrons. The number of benzene rings is 1. The average Bonchev–Trinajstić information content (AvgIpc) is 3.19. The van der Waals surface area contributed by atoms with Crippen molar-refractivity contribution in [3.8, 4) is 0 Å². The minimum Gasteiger partial charge on any atom is -0.340 e. The molecular weight excluding hydrogens is 262 g/mol. The van der Waals surface area contributed by atoms with Crippen molar-refractivity contribution in [1.29, 1.82) is 0 Å². The highest BCUT2D eigenvalue weighted by molar-refractivity contribution is 5.78. The highest BCUT2D eigenvalue weighted by Gasteiger charge is 2.37. The largest absolute Gasteiger partial charge is 0.340 e. The zero-order chi connectivity index (χ0) is 14.9. The second-order valence-corrected chi connectivity index (χ2v) is 6.72. The Morgan fingerprint density at radius 3 is 2.24 bits per heavy atom. The smallest absolute Gasteiger partial charge is 0.227 e. The summed E-state index contributed by atoms with van der Waals surface area (Å²) in [4.78, 5) is 16.5. The molecule has 3 rings (SSSR count). The van der Waals surface area contributed by atoms with E-state index >= 15 is 0 Å². The fourth-order valence-corrected chi connectivity index (χ4v) is 2.86. The minimum absolute atomic E-state index is 0.0527. The van der Waals surface area contributed by atoms with E-state index in [0.717, 1.165) is 51.0 Å². The summed E-state index contributed by atoms with van der Waals surface area (Å²) < 4.78 is 0. The van der Waals surface area contributed by atoms with Crippen LogP contribution in [0.2, 0.25) is 0 Å². The predicted molar refractivity (Wildman–Crippen MR) is 84.1 cm³/mol. The summed E-state index contributed by atoms with van der Waals surface area (Å²) in [5, 5.41) is 0. The molecule has 21 heavy (non-hydrogen) atoms. The van der Waals surface area contributed by atoms with Crippen LogP contribution in [0.5, 0.6) is 0 Å². The average molecular weight is 287 g/mol. The first-order valence-electron chi connectivity index (χ1n) is 7.87. The lowest BCUT2D eigenvalue weighted by Crippen LogP contribution is -2.47. The van der Waals surface area contributed by atoms with Crippen molar-refractivity contribution in [3.63, 3.8) is 0 Å². The quantitative estimate of drug-likeness (QED) is 0.900. The molecule has 1 saturated carbocycles. The zero-order valence-corrected chi connectivity index (χ0v) is 12.8. The van der Waals surface area contributed by atoms with Crippen LogP contribution in [0.3, 0.4) is 0 Å². The summed E-state index contributed by atoms with van der Waals surface area (Å²) in [6.45, 7) is 3.65. The second-order valence-electron chi connectivity index (χ2n) is 6.72. The van der Waals surface area contributed by atoms with Crippen molar-refractivity contribution < 1.29 is 4.79 Å². The maximum atomic E-state index is 12.3. The molecule has 1 aliphatic heterocycles. The highest BCUT2D eigenvalue weighted by Crippen LogP contribution is 2.35. The molecule has 0 bridgehead atoms. The monoisotopic (exact) mass is 287 g/mol. The number of carbonyl (C=O) groups excluding carboxylic acids is 1. The Labute approximate surface area is 126 Å². The number of amides is 1. The molecule has 4 nitrogen and oxygen atoms in total. The van der Waals surface area contributed by atoms with Gasteiger partial charge in [-0.2, -0.15) is 0 Å². The summed E-state index contributed by atoms with van der Waals surface area (Å²) in [7, 11) is 2.10. The second kappa shape index (κ2) is 5.78. The molecule has 2 aliphatic rings. The fourth-order valence-electron chi connectivity index (χ4n) is 2.86. The standard InChI is InChI=1S/C17H25N3O/c1-19-8-10-20(11-9-19)16(21)12-14-2-4-15(5-3-14)13-17(18)6-7-17/h2-5H,6-13,18H2,1H3. The van der Waals surface area contributed by atoms with Gasteiger partial charge in [0, 0.05) is 31.7 Å². The molecule has 4 heteroatoms. The Bertz CT molecular complexity index is 499. The van der Waals surface area contributed by atoms with Crippen molar-refractivity contribution >= 4 is 5.91 Å². The van der Waals surface area contributed by atoms with Crippen LogP contribution in [0.15, 0.2) is 24.3 Å². The van der Waals surface area contributed by atoms with Crippen LogP contribution >= 0.6 is 0 Å². The molecule has 0 unspecified atom stereocenters. The summed E-state index contributed by atoms with van der Waals surface area (Å²) >= 11 is 0. The lowest BCUT2D eigenvalue weighted by atomic mass is 10.0. The van der Waals surface area contributed by atoms with Gasteiger partial charge < -0.3 is 15.5 Å². The summed E-state index contributed by atoms with van der Waals surface area (Å²) in [5.41, 5.74) is 8.58. The maximum absolute atomic E-state index is 12.3. The van der Waals surface area contributed by atoms with Crippen LogP contribution in [0.1, 0.15) is 24.0 Å². The number of carbonyl (C=O) groups is 1. The Hall–Kier alpha value is -1.39. The summed E-state index contributed by atoms with van der Waals surface area (Å²) in [6.07, 6.45) is 3.74. The van der Waals surface area contributed by atoms with Crippen molar-refractivity contribution in [2.24, 2.45) is 5.73 Å². The van der Waals surface area contributed by atoms with Gasteiger partial charge in [-0.1, -0.05) is 24.3 Å². The molecule has 114 valence electrons. The topological polar surface area (TPSA) is 49.6 Å². The van der Waals surface area contributed by atoms with Crippen LogP contribution < -0.4 is 5.73 Å². The van der Waals surface area contributed by atoms with E-state index in [4.69, 9.17) is 5.73 Å². The molecule has 0 spiro atoms. The molecule has 0 aromatic heterocycles. The predicted octanol–water partition coefficient (Wildman–Crippen LogP) is 1.04. The highest BCUT2D eigenvalue weighted by atomic mass is 16.2. The van der Waals surface area contributed by atoms with Crippen LogP contribution in [-0.4, -0.2) is 54.5 Å². The minimum atomic E-state index is 0.0527. The first kappa shape index (κ1) is 14.5. The van der Waals surface area contributed by atoms with E-state index in [1.807, 2.05) is 4.90 Å². The zero-order valence-electron chi connectivity index (χ0n) is 12.8. The van der Waals surface area contributed by atoms with Gasteiger partial charge in [-0.25, -0.2) is 0 Å². The number of hydrogen-bond donors (Lipinski definition) is 1. The Morgan fingerprint density at radius 1 is 1.10 bits per heavy atom. The summed E-state index contributed by atoms with van der Waals surface area (Å²) in [5.74, 6) is 0.244. The third kappa shape index (κ3) is 3.83. The van der Waals surface area contributed by atoms with Gasteiger partial charge in [-0.3, -0.25) is 4.79 Å². The molecule has 2 N–H and O–H groups in total. The van der Waals surface area contributed by atoms with Gasteiger partial charge in [0.1, 0.15) is 0 Å². The first-order chi connectivity index (χ1) is 10.0. The Morgan fingerprint density at radius 2 is 1.67 bits per heavy atom. The number of likely N-dealkylation sites (N-methyl/N-ethyl adjacent to an activating group) is 1. The molecule has 1 aromatic rings. The van der Waals surface area contributed by atoms with Gasteiger partial charge in [0.05, 0.1) is 6.42 Å². The Kier molecular flexibility index (Phi) is 4.00. The molecule has 1 amide bonds. The summed E-state index contributed by atoms with van der Waals surface area (Å²) in [6, 6.07) is 8.41. The van der Waals surface area contributed by atoms with Gasteiger partial charge >= 0.3 is 0 Å². The van der Waals surface area contributed by atoms with E-state index < -0.39 is 0 Å². The van der Waals surface area contributed by atoms with E-state index in [1.165, 1.54) is 5.56 Å². The van der Waals surface area contributed by atoms with E-state index in [1.54, 1.807) is 0 Å². The van der Waals surface area contributed by atoms with E-state index in [9.17, 15) is 4.79 Å². The Balaban J connectivity index is 1.53. The first-order valence-corrected chi connectivity index (χ1v) is 7.87. The van der Waals surface area contributed by atoms with Crippen molar-refractivity contribution in [2.45, 2.75) is 31.2 Å². The number of hydrogen-bond acceptors (Lipinski definition) is 3. The molecule has 0 atom stereocenters. The van der Waals surface area contributed by atoms with Crippen LogP contribution in [0.4, 0.5) is 0 Å². The molecule has 1 aromatic carbocycles. The van der Waals surface area contributed by atoms with Gasteiger partial charge in [0.15, 0.2) is 0 Å². The van der Waals surface area contributed by atoms with Gasteiger partial charge in [-0.05, 0) is 37.4 Å². The van der Waals surface area contributed by atoms with Crippen molar-refractivity contribution in [2.75, 3.05) is 33.2 Å². The van der Waals surface area contributed by atoms with Crippen molar-refractivity contribution in [1.82, 2.24) is 9.80 Å². The van der Waals surface area contributed by atoms with E-state index in [2.05, 4.69) is 36.2 Å². The number of piperazine rings is 1. The normalized spacial score (nSPS) is 21.3. The van der Waals surface area contributed by atoms with Gasteiger partial charge in [0.25, 0.3) is 0 Å². The van der Waals surface area contributed by atoms with E-state index in [-0.39, 0.29) is 11.4 Å². The molecule has 1 aliphatic carbocycles. The lowest BCUT2D eigenvalue weighted by molar-refractivity contribution is -0.132. The third-order valence-corrected chi connectivity index (χ3v) is 4.68. The molecule has 1 saturated heterocycles. The van der Waals surface area contributed by atoms with E-state index in [0.29, 0.717) is 6.42 Å². The maximum Gasteiger partial charge on any atom is 0.227 e. The number of rotatable bonds is 4. The third-order valence-electron chi connectivity index (χ3n) is 4.68. The van der Waals surface area contributed by atoms with Crippen molar-refractivity contribution in [3.05, 3.63) is 35.4 Å². The van der Waals surface area contributed by atoms with Crippen LogP contribution in [0.25, 0.3) is 0 Å². The number of nitrogens with two attached hydrogens (primary N) is 1. The molecule has 2 fully saturated rings. The SMILES string of the molecule is CN1CCN(C(=O)Cc2ccc(CC3(N)CC3)cc2)CC1. The number of nitrogens with zero attached hydrogens (tertiary/aromatic N) is 2. The van der Waals surface area contributed by atoms with Gasteiger partial charge in [0.2, 0.25) is 5.91 Å². The van der Waals surface area contributed by atoms with Crippen LogP contribution in [-0.2, 0) is 17.6 Å². The molecule has 1 heterocycles.